The van der Waals surface area contributed by atoms with Gasteiger partial charge in [0.25, 0.3) is 0 Å². The van der Waals surface area contributed by atoms with Crippen molar-refractivity contribution in [2.24, 2.45) is 15.7 Å². The molecule has 1 amide bonds. The standard InChI is InChI=1S/C23H26BrFN4O5S.C18H19FN4O3S/c1-22(2,3)34-21(31)27-20-28-23(4,13-35(32,33)29(20)5)16-10-14(6-8-17(16)25)11-19(30)18-9-7-15(24)12-26-18;1-18(11-27(25,26)23(2)17(20)22-18)13-9-12(6-7-14(13)19)10-16(24)15-5-3-4-8-21-15/h6-10,12H,11,13H2,1-5H3,(H,27,28,31);3-9H,10-11H2,1-2H3,(H2,20,22)/t23-;18-/m00/s1/i;4D. The molecule has 0 saturated heterocycles. The van der Waals surface area contributed by atoms with Crippen molar-refractivity contribution >= 4 is 65.6 Å². The van der Waals surface area contributed by atoms with Crippen LogP contribution in [0.5, 0.6) is 0 Å². The number of Topliss-reactive ketones (excluding diaryl/α,β-unsaturated/α-hetero) is 2. The summed E-state index contributed by atoms with van der Waals surface area (Å²) < 4.78 is 95.0. The third-order valence-corrected chi connectivity index (χ3v) is 13.9. The number of aliphatic imine (C=N–C) groups is 2. The average molecular weight is 961 g/mol. The van der Waals surface area contributed by atoms with E-state index in [9.17, 15) is 40.0 Å². The summed E-state index contributed by atoms with van der Waals surface area (Å²) in [4.78, 5) is 53.9. The Morgan fingerprint density at radius 3 is 1.82 bits per heavy atom. The molecule has 0 bridgehead atoms. The lowest BCUT2D eigenvalue weighted by Gasteiger charge is -2.36. The molecule has 2 atom stereocenters. The molecule has 2 aliphatic heterocycles. The van der Waals surface area contributed by atoms with Crippen LogP contribution in [0.3, 0.4) is 0 Å². The van der Waals surface area contributed by atoms with Gasteiger partial charge in [-0.25, -0.2) is 49.0 Å². The van der Waals surface area contributed by atoms with Crippen molar-refractivity contribution < 1.29 is 46.1 Å². The first-order valence-corrected chi connectivity index (χ1v) is 22.7. The molecule has 2 aliphatic rings. The number of amides is 1. The van der Waals surface area contributed by atoms with E-state index in [1.54, 1.807) is 32.9 Å². The van der Waals surface area contributed by atoms with Gasteiger partial charge >= 0.3 is 6.09 Å². The molecular formula is C41H45BrF2N8O8S2. The number of nitrogens with zero attached hydrogens (tertiary/aromatic N) is 6. The number of alkyl carbamates (subject to hydrolysis) is 1. The summed E-state index contributed by atoms with van der Waals surface area (Å²) >= 11 is 3.26. The van der Waals surface area contributed by atoms with Gasteiger partial charge in [-0.1, -0.05) is 18.2 Å². The summed E-state index contributed by atoms with van der Waals surface area (Å²) in [6.07, 6.45) is 1.74. The molecule has 0 unspecified atom stereocenters. The maximum absolute atomic E-state index is 15.0. The molecule has 4 aromatic rings. The topological polar surface area (TPSA) is 224 Å². The zero-order valence-electron chi connectivity index (χ0n) is 35.7. The van der Waals surface area contributed by atoms with E-state index in [1.807, 2.05) is 0 Å². The number of benzene rings is 2. The van der Waals surface area contributed by atoms with E-state index in [0.717, 1.165) is 13.1 Å². The SMILES string of the molecule is CN1C(NC(=O)OC(C)(C)C)=N[C@](C)(c2cc(CC(=O)c3ccc(Br)cn3)ccc2F)CS1(=O)=O.[2H]c1ccc(C(=O)Cc2ccc(F)c([C@]3(C)CS(=O)(=O)N(C)C(N)=N3)c2)nc1. The van der Waals surface area contributed by atoms with Crippen molar-refractivity contribution in [1.29, 1.82) is 0 Å². The van der Waals surface area contributed by atoms with Crippen LogP contribution in [0.2, 0.25) is 0 Å². The number of ether oxygens (including phenoxy) is 1. The molecule has 62 heavy (non-hydrogen) atoms. The van der Waals surface area contributed by atoms with Crippen LogP contribution in [0, 0.1) is 11.6 Å². The summed E-state index contributed by atoms with van der Waals surface area (Å²) in [5, 5.41) is 2.35. The molecule has 21 heteroatoms. The molecule has 330 valence electrons. The van der Waals surface area contributed by atoms with Crippen LogP contribution in [0.25, 0.3) is 0 Å². The molecule has 0 radical (unpaired) electrons. The minimum atomic E-state index is -3.97. The summed E-state index contributed by atoms with van der Waals surface area (Å²) in [6.45, 7) is 7.92. The van der Waals surface area contributed by atoms with Gasteiger partial charge in [0.15, 0.2) is 11.6 Å². The first kappa shape index (κ1) is 45.8. The van der Waals surface area contributed by atoms with E-state index in [2.05, 4.69) is 41.2 Å². The van der Waals surface area contributed by atoms with E-state index < -0.39 is 66.0 Å². The molecule has 0 aliphatic carbocycles. The largest absolute Gasteiger partial charge is 0.444 e. The Morgan fingerprint density at radius 1 is 0.839 bits per heavy atom. The number of hydrogen-bond donors (Lipinski definition) is 2. The molecule has 4 heterocycles. The van der Waals surface area contributed by atoms with Crippen molar-refractivity contribution in [2.75, 3.05) is 25.6 Å². The number of guanidine groups is 2. The van der Waals surface area contributed by atoms with Crippen LogP contribution >= 0.6 is 15.9 Å². The second kappa shape index (κ2) is 18.0. The fourth-order valence-electron chi connectivity index (χ4n) is 6.42. The van der Waals surface area contributed by atoms with Crippen molar-refractivity contribution in [3.8, 4) is 0 Å². The van der Waals surface area contributed by atoms with E-state index in [1.165, 1.54) is 88.9 Å². The number of halogens is 3. The Bertz CT molecular complexity index is 2740. The van der Waals surface area contributed by atoms with E-state index in [0.29, 0.717) is 11.1 Å². The number of aromatic nitrogens is 2. The van der Waals surface area contributed by atoms with Gasteiger partial charge in [0.2, 0.25) is 32.0 Å². The maximum Gasteiger partial charge on any atom is 0.414 e. The molecule has 0 spiro atoms. The third kappa shape index (κ3) is 11.2. The number of rotatable bonds is 8. The fraction of sp³-hybridized carbons (Fsp3) is 0.341. The number of nitrogens with two attached hydrogens (primary N) is 1. The Kier molecular flexibility index (Phi) is 13.3. The number of sulfonamides is 2. The van der Waals surface area contributed by atoms with Crippen LogP contribution in [0.15, 0.2) is 93.6 Å². The molecule has 2 aromatic carbocycles. The molecule has 16 nitrogen and oxygen atoms in total. The first-order valence-electron chi connectivity index (χ1n) is 19.2. The third-order valence-electron chi connectivity index (χ3n) is 9.57. The predicted octanol–water partition coefficient (Wildman–Crippen LogP) is 5.23. The van der Waals surface area contributed by atoms with Crippen LogP contribution in [0.1, 0.15) is 79.2 Å². The van der Waals surface area contributed by atoms with E-state index in [4.69, 9.17) is 11.8 Å². The summed E-state index contributed by atoms with van der Waals surface area (Å²) in [5.41, 5.74) is 3.33. The lowest BCUT2D eigenvalue weighted by molar-refractivity contribution is 0.0558. The van der Waals surface area contributed by atoms with Crippen LogP contribution in [-0.2, 0) is 48.7 Å². The van der Waals surface area contributed by atoms with Crippen molar-refractivity contribution in [2.45, 2.75) is 64.1 Å². The molecule has 6 rings (SSSR count). The van der Waals surface area contributed by atoms with E-state index in [-0.39, 0.29) is 64.9 Å². The van der Waals surface area contributed by atoms with Gasteiger partial charge in [-0.3, -0.25) is 24.9 Å². The Balaban J connectivity index is 0.000000243. The zero-order valence-corrected chi connectivity index (χ0v) is 38.0. The lowest BCUT2D eigenvalue weighted by atomic mass is 9.91. The fourth-order valence-corrected chi connectivity index (χ4v) is 9.57. The smallest absolute Gasteiger partial charge is 0.414 e. The lowest BCUT2D eigenvalue weighted by Crippen LogP contribution is -2.54. The first-order chi connectivity index (χ1) is 29.1. The average Bonchev–Trinajstić information content (AvgIpc) is 3.17. The molecular weight excluding hydrogens is 915 g/mol. The van der Waals surface area contributed by atoms with Crippen LogP contribution in [-0.4, -0.2) is 96.2 Å². The normalized spacial score (nSPS) is 20.7. The highest BCUT2D eigenvalue weighted by Crippen LogP contribution is 2.36. The molecule has 0 saturated carbocycles. The van der Waals surface area contributed by atoms with Crippen molar-refractivity contribution in [3.05, 3.63) is 129 Å². The second-order valence-corrected chi connectivity index (χ2v) is 20.8. The van der Waals surface area contributed by atoms with Gasteiger partial charge in [-0.15, -0.1) is 0 Å². The molecule has 2 aromatic heterocycles. The van der Waals surface area contributed by atoms with Crippen LogP contribution < -0.4 is 11.1 Å². The van der Waals surface area contributed by atoms with Crippen molar-refractivity contribution in [3.63, 3.8) is 0 Å². The highest BCUT2D eigenvalue weighted by molar-refractivity contribution is 9.10. The zero-order chi connectivity index (χ0) is 46.9. The predicted molar refractivity (Wildman–Crippen MR) is 231 cm³/mol. The van der Waals surface area contributed by atoms with Gasteiger partial charge in [0.1, 0.15) is 39.7 Å². The highest BCUT2D eigenvalue weighted by Gasteiger charge is 2.44. The number of carbonyl (C=O) groups excluding carboxylic acids is 3. The second-order valence-electron chi connectivity index (χ2n) is 15.9. The number of pyridine rings is 2. The number of ketones is 2. The van der Waals surface area contributed by atoms with Crippen LogP contribution in [0.4, 0.5) is 13.6 Å². The highest BCUT2D eigenvalue weighted by atomic mass is 79.9. The van der Waals surface area contributed by atoms with Gasteiger partial charge in [0.05, 0.1) is 12.9 Å². The summed E-state index contributed by atoms with van der Waals surface area (Å²) in [7, 11) is -5.20. The summed E-state index contributed by atoms with van der Waals surface area (Å²) in [6, 6.07) is 14.5. The Morgan fingerprint density at radius 2 is 1.35 bits per heavy atom. The van der Waals surface area contributed by atoms with Gasteiger partial charge < -0.3 is 10.5 Å². The molecule has 3 N–H and O–H groups in total. The van der Waals surface area contributed by atoms with E-state index >= 15 is 0 Å². The Hall–Kier alpha value is -5.67. The minimum absolute atomic E-state index is 0.0215. The summed E-state index contributed by atoms with van der Waals surface area (Å²) in [5.74, 6) is -3.43. The van der Waals surface area contributed by atoms with Crippen molar-refractivity contribution in [1.82, 2.24) is 23.9 Å². The monoisotopic (exact) mass is 959 g/mol. The van der Waals surface area contributed by atoms with Gasteiger partial charge in [-0.2, -0.15) is 0 Å². The molecule has 0 fully saturated rings. The quantitative estimate of drug-likeness (QED) is 0.218. The van der Waals surface area contributed by atoms with Gasteiger partial charge in [-0.05, 0) is 110 Å². The van der Waals surface area contributed by atoms with Gasteiger partial charge in [0, 0.05) is 54.9 Å². The minimum Gasteiger partial charge on any atom is -0.444 e. The number of carbonyl (C=O) groups is 3. The number of nitrogens with one attached hydrogen (secondary N) is 1. The maximum atomic E-state index is 15.0. The number of hydrogen-bond acceptors (Lipinski definition) is 13. The Labute approximate surface area is 368 Å².